The summed E-state index contributed by atoms with van der Waals surface area (Å²) in [5.41, 5.74) is 0.462. The number of amides is 1. The Balaban J connectivity index is 1.84. The van der Waals surface area contributed by atoms with Crippen LogP contribution in [0.2, 0.25) is 0 Å². The molecule has 1 aromatic rings. The number of rotatable bonds is 4. The van der Waals surface area contributed by atoms with Crippen molar-refractivity contribution in [2.24, 2.45) is 0 Å². The molecule has 0 saturated carbocycles. The van der Waals surface area contributed by atoms with E-state index in [-0.39, 0.29) is 18.5 Å². The Kier molecular flexibility index (Phi) is 4.57. The second-order valence-electron chi connectivity index (χ2n) is 4.09. The van der Waals surface area contributed by atoms with E-state index in [0.29, 0.717) is 5.56 Å². The number of halogens is 1. The van der Waals surface area contributed by atoms with E-state index in [0.717, 1.165) is 11.6 Å². The van der Waals surface area contributed by atoms with E-state index in [1.807, 2.05) is 0 Å². The van der Waals surface area contributed by atoms with Crippen molar-refractivity contribution in [2.45, 2.75) is 12.1 Å². The van der Waals surface area contributed by atoms with Gasteiger partial charge in [-0.25, -0.2) is 4.39 Å². The maximum Gasteiger partial charge on any atom is 0.238 e. The van der Waals surface area contributed by atoms with Crippen LogP contribution in [0.3, 0.4) is 0 Å². The molecular formula is C12H15FN2O2S. The average molecular weight is 270 g/mol. The number of hydrogen-bond donors (Lipinski definition) is 3. The molecular weight excluding hydrogens is 255 g/mol. The van der Waals surface area contributed by atoms with Gasteiger partial charge in [0.25, 0.3) is 0 Å². The molecule has 1 aliphatic rings. The number of benzene rings is 1. The largest absolute Gasteiger partial charge is 0.387 e. The first-order valence-corrected chi connectivity index (χ1v) is 6.84. The fourth-order valence-electron chi connectivity index (χ4n) is 1.72. The van der Waals surface area contributed by atoms with E-state index in [4.69, 9.17) is 0 Å². The molecule has 6 heteroatoms. The Hall–Kier alpha value is -1.11. The third kappa shape index (κ3) is 3.44. The summed E-state index contributed by atoms with van der Waals surface area (Å²) >= 11 is 1.66. The van der Waals surface area contributed by atoms with E-state index < -0.39 is 11.9 Å². The van der Waals surface area contributed by atoms with Crippen molar-refractivity contribution in [3.05, 3.63) is 35.6 Å². The van der Waals surface area contributed by atoms with E-state index >= 15 is 0 Å². The van der Waals surface area contributed by atoms with Gasteiger partial charge in [-0.1, -0.05) is 12.1 Å². The second-order valence-corrected chi connectivity index (χ2v) is 5.12. The zero-order chi connectivity index (χ0) is 13.0. The Morgan fingerprint density at radius 1 is 1.67 bits per heavy atom. The van der Waals surface area contributed by atoms with Crippen LogP contribution >= 0.6 is 11.8 Å². The van der Waals surface area contributed by atoms with Crippen molar-refractivity contribution in [1.82, 2.24) is 10.6 Å². The number of carbonyl (C=O) groups is 1. The van der Waals surface area contributed by atoms with E-state index in [9.17, 15) is 14.3 Å². The van der Waals surface area contributed by atoms with Crippen molar-refractivity contribution in [3.63, 3.8) is 0 Å². The van der Waals surface area contributed by atoms with Gasteiger partial charge in [0.15, 0.2) is 0 Å². The Morgan fingerprint density at radius 2 is 2.50 bits per heavy atom. The van der Waals surface area contributed by atoms with E-state index in [1.165, 1.54) is 18.2 Å². The maximum absolute atomic E-state index is 13.0. The van der Waals surface area contributed by atoms with Gasteiger partial charge >= 0.3 is 0 Å². The standard InChI is InChI=1S/C12H15FN2O2S/c13-9-3-1-2-8(4-9)11(16)5-14-12(17)10-6-18-7-15-10/h1-4,10-11,15-16H,5-7H2,(H,14,17). The number of thioether (sulfide) groups is 1. The normalized spacial score (nSPS) is 20.7. The Bertz CT molecular complexity index is 424. The predicted octanol–water partition coefficient (Wildman–Crippen LogP) is 0.638. The molecule has 1 saturated heterocycles. The molecule has 0 bridgehead atoms. The smallest absolute Gasteiger partial charge is 0.238 e. The van der Waals surface area contributed by atoms with Gasteiger partial charge in [0.1, 0.15) is 5.82 Å². The van der Waals surface area contributed by atoms with Gasteiger partial charge in [-0.15, -0.1) is 11.8 Å². The molecule has 2 unspecified atom stereocenters. The lowest BCUT2D eigenvalue weighted by molar-refractivity contribution is -0.122. The van der Waals surface area contributed by atoms with Crippen LogP contribution in [0, 0.1) is 5.82 Å². The molecule has 0 radical (unpaired) electrons. The van der Waals surface area contributed by atoms with Crippen LogP contribution in [0.4, 0.5) is 4.39 Å². The third-order valence-electron chi connectivity index (χ3n) is 2.74. The molecule has 0 spiro atoms. The van der Waals surface area contributed by atoms with Crippen molar-refractivity contribution in [2.75, 3.05) is 18.2 Å². The van der Waals surface area contributed by atoms with Crippen LogP contribution in [0.5, 0.6) is 0 Å². The van der Waals surface area contributed by atoms with Crippen LogP contribution < -0.4 is 10.6 Å². The molecule has 1 aliphatic heterocycles. The highest BCUT2D eigenvalue weighted by Crippen LogP contribution is 2.14. The maximum atomic E-state index is 13.0. The fourth-order valence-corrected chi connectivity index (χ4v) is 2.66. The Labute approximate surface area is 109 Å². The summed E-state index contributed by atoms with van der Waals surface area (Å²) in [6, 6.07) is 5.54. The molecule has 0 aliphatic carbocycles. The van der Waals surface area contributed by atoms with Gasteiger partial charge in [-0.05, 0) is 17.7 Å². The van der Waals surface area contributed by atoms with Crippen molar-refractivity contribution >= 4 is 17.7 Å². The lowest BCUT2D eigenvalue weighted by Gasteiger charge is -2.14. The lowest BCUT2D eigenvalue weighted by atomic mass is 10.1. The first kappa shape index (κ1) is 13.3. The number of carbonyl (C=O) groups excluding carboxylic acids is 1. The highest BCUT2D eigenvalue weighted by molar-refractivity contribution is 7.99. The van der Waals surface area contributed by atoms with Gasteiger partial charge in [-0.3, -0.25) is 10.1 Å². The fraction of sp³-hybridized carbons (Fsp3) is 0.417. The second kappa shape index (κ2) is 6.17. The molecule has 1 fully saturated rings. The molecule has 2 rings (SSSR count). The van der Waals surface area contributed by atoms with Crippen molar-refractivity contribution < 1.29 is 14.3 Å². The van der Waals surface area contributed by atoms with Crippen LogP contribution in [0.25, 0.3) is 0 Å². The summed E-state index contributed by atoms with van der Waals surface area (Å²) in [6.45, 7) is 0.0884. The summed E-state index contributed by atoms with van der Waals surface area (Å²) in [5, 5.41) is 15.5. The summed E-state index contributed by atoms with van der Waals surface area (Å²) < 4.78 is 13.0. The summed E-state index contributed by atoms with van der Waals surface area (Å²) in [4.78, 5) is 11.7. The number of nitrogens with one attached hydrogen (secondary N) is 2. The molecule has 98 valence electrons. The highest BCUT2D eigenvalue weighted by Gasteiger charge is 2.22. The molecule has 1 aromatic carbocycles. The quantitative estimate of drug-likeness (QED) is 0.751. The first-order chi connectivity index (χ1) is 8.66. The van der Waals surface area contributed by atoms with E-state index in [2.05, 4.69) is 10.6 Å². The minimum atomic E-state index is -0.890. The SMILES string of the molecule is O=C(NCC(O)c1cccc(F)c1)C1CSCN1. The van der Waals surface area contributed by atoms with Crippen LogP contribution in [-0.2, 0) is 4.79 Å². The van der Waals surface area contributed by atoms with E-state index in [1.54, 1.807) is 17.8 Å². The van der Waals surface area contributed by atoms with Gasteiger partial charge < -0.3 is 10.4 Å². The van der Waals surface area contributed by atoms with Crippen LogP contribution in [0.15, 0.2) is 24.3 Å². The van der Waals surface area contributed by atoms with Crippen molar-refractivity contribution in [3.8, 4) is 0 Å². The van der Waals surface area contributed by atoms with Crippen LogP contribution in [-0.4, -0.2) is 35.2 Å². The zero-order valence-electron chi connectivity index (χ0n) is 9.73. The average Bonchev–Trinajstić information content (AvgIpc) is 2.89. The first-order valence-electron chi connectivity index (χ1n) is 5.69. The number of aliphatic hydroxyl groups excluding tert-OH is 1. The molecule has 3 N–H and O–H groups in total. The topological polar surface area (TPSA) is 61.4 Å². The minimum Gasteiger partial charge on any atom is -0.387 e. The van der Waals surface area contributed by atoms with Gasteiger partial charge in [0.05, 0.1) is 12.1 Å². The molecule has 4 nitrogen and oxygen atoms in total. The van der Waals surface area contributed by atoms with Gasteiger partial charge in [0, 0.05) is 18.2 Å². The monoisotopic (exact) mass is 270 g/mol. The van der Waals surface area contributed by atoms with Gasteiger partial charge in [-0.2, -0.15) is 0 Å². The summed E-state index contributed by atoms with van der Waals surface area (Å²) in [5.74, 6) is 0.981. The predicted molar refractivity (Wildman–Crippen MR) is 68.6 cm³/mol. The van der Waals surface area contributed by atoms with Crippen LogP contribution in [0.1, 0.15) is 11.7 Å². The molecule has 2 atom stereocenters. The highest BCUT2D eigenvalue weighted by atomic mass is 32.2. The minimum absolute atomic E-state index is 0.0884. The summed E-state index contributed by atoms with van der Waals surface area (Å²) in [7, 11) is 0. The summed E-state index contributed by atoms with van der Waals surface area (Å²) in [6.07, 6.45) is -0.890. The Morgan fingerprint density at radius 3 is 3.17 bits per heavy atom. The zero-order valence-corrected chi connectivity index (χ0v) is 10.5. The number of aliphatic hydroxyl groups is 1. The molecule has 1 heterocycles. The molecule has 1 amide bonds. The lowest BCUT2D eigenvalue weighted by Crippen LogP contribution is -2.43. The molecule has 18 heavy (non-hydrogen) atoms. The number of hydrogen-bond acceptors (Lipinski definition) is 4. The van der Waals surface area contributed by atoms with Crippen molar-refractivity contribution in [1.29, 1.82) is 0 Å². The third-order valence-corrected chi connectivity index (χ3v) is 3.68. The molecule has 0 aromatic heterocycles. The van der Waals surface area contributed by atoms with Gasteiger partial charge in [0.2, 0.25) is 5.91 Å².